The van der Waals surface area contributed by atoms with Crippen LogP contribution in [0.4, 0.5) is 0 Å². The van der Waals surface area contributed by atoms with Crippen LogP contribution in [-0.2, 0) is 16.0 Å². The van der Waals surface area contributed by atoms with Crippen molar-refractivity contribution in [2.75, 3.05) is 39.9 Å². The summed E-state index contributed by atoms with van der Waals surface area (Å²) in [7, 11) is 1.56. The van der Waals surface area contributed by atoms with Crippen molar-refractivity contribution in [3.8, 4) is 11.5 Å². The van der Waals surface area contributed by atoms with E-state index in [1.54, 1.807) is 36.0 Å². The van der Waals surface area contributed by atoms with Gasteiger partial charge in [0.2, 0.25) is 17.7 Å². The average molecular weight is 388 g/mol. The first kappa shape index (κ1) is 19.7. The van der Waals surface area contributed by atoms with Gasteiger partial charge in [-0.2, -0.15) is 0 Å². The largest absolute Gasteiger partial charge is 0.493 e. The fraction of sp³-hybridized carbons (Fsp3) is 0.474. The first-order valence-electron chi connectivity index (χ1n) is 9.17. The van der Waals surface area contributed by atoms with E-state index >= 15 is 0 Å². The SMILES string of the molecule is COc1ccccc1OCC(=O)N1CCN(C(=O)CCc2nnc(C)o2)CC1. The number of ether oxygens (including phenoxy) is 2. The number of carbonyl (C=O) groups is 2. The van der Waals surface area contributed by atoms with Gasteiger partial charge in [-0.1, -0.05) is 12.1 Å². The minimum atomic E-state index is -0.112. The molecule has 0 saturated carbocycles. The third-order valence-electron chi connectivity index (χ3n) is 4.53. The van der Waals surface area contributed by atoms with Gasteiger partial charge in [0.25, 0.3) is 5.91 Å². The molecule has 2 aromatic rings. The predicted octanol–water partition coefficient (Wildman–Crippen LogP) is 1.07. The standard InChI is InChI=1S/C19H24N4O5/c1-14-20-21-17(28-14)7-8-18(24)22-9-11-23(12-10-22)19(25)13-27-16-6-4-3-5-15(16)26-2/h3-6H,7-13H2,1-2H3. The van der Waals surface area contributed by atoms with Crippen LogP contribution >= 0.6 is 0 Å². The van der Waals surface area contributed by atoms with Crippen molar-refractivity contribution in [1.29, 1.82) is 0 Å². The van der Waals surface area contributed by atoms with Gasteiger partial charge in [0.05, 0.1) is 7.11 Å². The lowest BCUT2D eigenvalue weighted by atomic mass is 10.2. The Morgan fingerprint density at radius 2 is 1.68 bits per heavy atom. The monoisotopic (exact) mass is 388 g/mol. The lowest BCUT2D eigenvalue weighted by molar-refractivity contribution is -0.140. The van der Waals surface area contributed by atoms with E-state index in [0.29, 0.717) is 62.3 Å². The zero-order chi connectivity index (χ0) is 19.9. The molecule has 0 N–H and O–H groups in total. The Bertz CT molecular complexity index is 814. The second-order valence-electron chi connectivity index (χ2n) is 6.42. The van der Waals surface area contributed by atoms with E-state index < -0.39 is 0 Å². The van der Waals surface area contributed by atoms with Crippen LogP contribution in [-0.4, -0.2) is 71.7 Å². The highest BCUT2D eigenvalue weighted by Gasteiger charge is 2.24. The van der Waals surface area contributed by atoms with Crippen LogP contribution in [0.25, 0.3) is 0 Å². The number of para-hydroxylation sites is 2. The van der Waals surface area contributed by atoms with Crippen LogP contribution < -0.4 is 9.47 Å². The van der Waals surface area contributed by atoms with Crippen molar-refractivity contribution in [3.63, 3.8) is 0 Å². The summed E-state index contributed by atoms with van der Waals surface area (Å²) < 4.78 is 16.1. The van der Waals surface area contributed by atoms with Crippen molar-refractivity contribution >= 4 is 11.8 Å². The molecular weight excluding hydrogens is 364 g/mol. The van der Waals surface area contributed by atoms with E-state index in [1.165, 1.54) is 0 Å². The van der Waals surface area contributed by atoms with Gasteiger partial charge in [0.1, 0.15) is 0 Å². The van der Waals surface area contributed by atoms with Crippen LogP contribution in [0.5, 0.6) is 11.5 Å². The van der Waals surface area contributed by atoms with Gasteiger partial charge in [-0.25, -0.2) is 0 Å². The van der Waals surface area contributed by atoms with Gasteiger partial charge in [0.15, 0.2) is 18.1 Å². The van der Waals surface area contributed by atoms with Crippen LogP contribution in [0.3, 0.4) is 0 Å². The maximum atomic E-state index is 12.4. The fourth-order valence-corrected chi connectivity index (χ4v) is 2.98. The van der Waals surface area contributed by atoms with Crippen molar-refractivity contribution in [3.05, 3.63) is 36.0 Å². The summed E-state index contributed by atoms with van der Waals surface area (Å²) in [4.78, 5) is 28.2. The number of piperazine rings is 1. The molecule has 1 aromatic carbocycles. The maximum Gasteiger partial charge on any atom is 0.260 e. The lowest BCUT2D eigenvalue weighted by Crippen LogP contribution is -2.51. The van der Waals surface area contributed by atoms with Gasteiger partial charge in [-0.3, -0.25) is 9.59 Å². The number of methoxy groups -OCH3 is 1. The molecule has 1 saturated heterocycles. The van der Waals surface area contributed by atoms with E-state index in [9.17, 15) is 9.59 Å². The molecule has 9 heteroatoms. The van der Waals surface area contributed by atoms with Gasteiger partial charge in [0, 0.05) is 45.9 Å². The lowest BCUT2D eigenvalue weighted by Gasteiger charge is -2.34. The molecule has 1 aromatic heterocycles. The molecule has 1 aliphatic heterocycles. The van der Waals surface area contributed by atoms with E-state index in [-0.39, 0.29) is 18.4 Å². The molecular formula is C19H24N4O5. The predicted molar refractivity (Wildman–Crippen MR) is 99.0 cm³/mol. The number of aromatic nitrogens is 2. The van der Waals surface area contributed by atoms with E-state index in [4.69, 9.17) is 13.9 Å². The molecule has 0 atom stereocenters. The molecule has 0 unspecified atom stereocenters. The minimum absolute atomic E-state index is 0.0215. The Hall–Kier alpha value is -3.10. The second kappa shape index (κ2) is 9.20. The van der Waals surface area contributed by atoms with Crippen LogP contribution in [0.15, 0.2) is 28.7 Å². The number of hydrogen-bond donors (Lipinski definition) is 0. The molecule has 28 heavy (non-hydrogen) atoms. The Balaban J connectivity index is 1.41. The zero-order valence-corrected chi connectivity index (χ0v) is 16.1. The molecule has 1 fully saturated rings. The van der Waals surface area contributed by atoms with Crippen molar-refractivity contribution < 1.29 is 23.5 Å². The highest BCUT2D eigenvalue weighted by molar-refractivity contribution is 5.79. The Kier molecular flexibility index (Phi) is 6.46. The quantitative estimate of drug-likeness (QED) is 0.700. The third-order valence-corrected chi connectivity index (χ3v) is 4.53. The molecule has 0 aliphatic carbocycles. The molecule has 150 valence electrons. The first-order valence-corrected chi connectivity index (χ1v) is 9.17. The topological polar surface area (TPSA) is 98.0 Å². The number of benzene rings is 1. The number of amides is 2. The van der Waals surface area contributed by atoms with E-state index in [2.05, 4.69) is 10.2 Å². The molecule has 9 nitrogen and oxygen atoms in total. The Morgan fingerprint density at radius 1 is 1.04 bits per heavy atom. The number of hydrogen-bond acceptors (Lipinski definition) is 7. The van der Waals surface area contributed by atoms with E-state index in [1.807, 2.05) is 12.1 Å². The molecule has 0 radical (unpaired) electrons. The van der Waals surface area contributed by atoms with Crippen LogP contribution in [0.1, 0.15) is 18.2 Å². The summed E-state index contributed by atoms with van der Waals surface area (Å²) in [5.41, 5.74) is 0. The molecule has 2 heterocycles. The number of aryl methyl sites for hydroxylation is 2. The number of rotatable bonds is 7. The third kappa shape index (κ3) is 4.99. The van der Waals surface area contributed by atoms with Crippen molar-refractivity contribution in [2.24, 2.45) is 0 Å². The zero-order valence-electron chi connectivity index (χ0n) is 16.1. The fourth-order valence-electron chi connectivity index (χ4n) is 2.98. The number of nitrogens with zero attached hydrogens (tertiary/aromatic N) is 4. The summed E-state index contributed by atoms with van der Waals surface area (Å²) in [5.74, 6) is 1.98. The summed E-state index contributed by atoms with van der Waals surface area (Å²) in [6.45, 7) is 3.63. The van der Waals surface area contributed by atoms with Gasteiger partial charge in [-0.05, 0) is 12.1 Å². The molecule has 0 bridgehead atoms. The second-order valence-corrected chi connectivity index (χ2v) is 6.42. The van der Waals surface area contributed by atoms with Crippen molar-refractivity contribution in [1.82, 2.24) is 20.0 Å². The van der Waals surface area contributed by atoms with E-state index in [0.717, 1.165) is 0 Å². The Morgan fingerprint density at radius 3 is 2.29 bits per heavy atom. The molecule has 1 aliphatic rings. The number of carbonyl (C=O) groups excluding carboxylic acids is 2. The normalized spacial score (nSPS) is 14.1. The maximum absolute atomic E-state index is 12.4. The molecule has 0 spiro atoms. The van der Waals surface area contributed by atoms with Gasteiger partial charge >= 0.3 is 0 Å². The summed E-state index contributed by atoms with van der Waals surface area (Å²) in [6, 6.07) is 7.19. The summed E-state index contributed by atoms with van der Waals surface area (Å²) >= 11 is 0. The van der Waals surface area contributed by atoms with Crippen LogP contribution in [0, 0.1) is 6.92 Å². The molecule has 3 rings (SSSR count). The first-order chi connectivity index (χ1) is 13.6. The molecule has 2 amide bonds. The summed E-state index contributed by atoms with van der Waals surface area (Å²) in [5, 5.41) is 7.64. The van der Waals surface area contributed by atoms with Gasteiger partial charge < -0.3 is 23.7 Å². The summed E-state index contributed by atoms with van der Waals surface area (Å²) in [6.07, 6.45) is 0.734. The minimum Gasteiger partial charge on any atom is -0.493 e. The van der Waals surface area contributed by atoms with Crippen molar-refractivity contribution in [2.45, 2.75) is 19.8 Å². The highest BCUT2D eigenvalue weighted by atomic mass is 16.5. The average Bonchev–Trinajstić information content (AvgIpc) is 3.15. The van der Waals surface area contributed by atoms with Gasteiger partial charge in [-0.15, -0.1) is 10.2 Å². The smallest absolute Gasteiger partial charge is 0.260 e. The Labute approximate surface area is 163 Å². The van der Waals surface area contributed by atoms with Crippen LogP contribution in [0.2, 0.25) is 0 Å². The highest BCUT2D eigenvalue weighted by Crippen LogP contribution is 2.25.